The zero-order chi connectivity index (χ0) is 16.9. The molecule has 2 rings (SSSR count). The number of hydrogen-bond acceptors (Lipinski definition) is 4. The summed E-state index contributed by atoms with van der Waals surface area (Å²) >= 11 is 0. The Hall–Kier alpha value is -0.820. The second-order valence-corrected chi connectivity index (χ2v) is 9.19. The van der Waals surface area contributed by atoms with Crippen LogP contribution in [-0.4, -0.2) is 63.2 Å². The molecule has 23 heavy (non-hydrogen) atoms. The molecule has 0 aromatic rings. The van der Waals surface area contributed by atoms with E-state index in [9.17, 15) is 13.2 Å². The number of sulfone groups is 1. The van der Waals surface area contributed by atoms with Gasteiger partial charge in [-0.3, -0.25) is 0 Å². The molecule has 2 amide bonds. The number of methoxy groups -OCH3 is 1. The number of nitrogens with zero attached hydrogens (tertiary/aromatic N) is 1. The molecule has 2 aliphatic rings. The Balaban J connectivity index is 1.72. The largest absolute Gasteiger partial charge is 0.381 e. The molecule has 2 fully saturated rings. The van der Waals surface area contributed by atoms with Gasteiger partial charge in [-0.2, -0.15) is 0 Å². The average molecular weight is 346 g/mol. The van der Waals surface area contributed by atoms with Gasteiger partial charge in [-0.05, 0) is 51.4 Å². The first kappa shape index (κ1) is 18.5. The van der Waals surface area contributed by atoms with E-state index < -0.39 is 9.84 Å². The maximum absolute atomic E-state index is 12.3. The number of urea groups is 1. The summed E-state index contributed by atoms with van der Waals surface area (Å²) in [5, 5.41) is 2.97. The van der Waals surface area contributed by atoms with E-state index in [1.807, 2.05) is 6.92 Å². The van der Waals surface area contributed by atoms with E-state index in [0.29, 0.717) is 31.5 Å². The van der Waals surface area contributed by atoms with Gasteiger partial charge in [0.1, 0.15) is 0 Å². The lowest BCUT2D eigenvalue weighted by molar-refractivity contribution is 0.0556. The summed E-state index contributed by atoms with van der Waals surface area (Å²) in [7, 11) is -1.23. The molecular weight excluding hydrogens is 316 g/mol. The third-order valence-corrected chi connectivity index (χ3v) is 6.90. The quantitative estimate of drug-likeness (QED) is 0.842. The minimum Gasteiger partial charge on any atom is -0.381 e. The minimum atomic E-state index is -3.00. The standard InChI is InChI=1S/C16H30N2O4S/c1-13-8-11-23(20,21)12-10-18(13)16(19)17-9-7-14-3-5-15(22-2)6-4-14/h13-15H,3-12H2,1-2H3,(H,17,19). The smallest absolute Gasteiger partial charge is 0.317 e. The van der Waals surface area contributed by atoms with Gasteiger partial charge < -0.3 is 15.0 Å². The molecule has 0 spiro atoms. The Morgan fingerprint density at radius 2 is 1.87 bits per heavy atom. The molecule has 0 radical (unpaired) electrons. The van der Waals surface area contributed by atoms with Crippen molar-refractivity contribution >= 4 is 15.9 Å². The van der Waals surface area contributed by atoms with E-state index in [4.69, 9.17) is 4.74 Å². The molecule has 0 aromatic heterocycles. The fourth-order valence-corrected chi connectivity index (χ4v) is 4.89. The number of nitrogens with one attached hydrogen (secondary N) is 1. The Bertz CT molecular complexity index is 486. The van der Waals surface area contributed by atoms with E-state index in [0.717, 1.165) is 32.1 Å². The van der Waals surface area contributed by atoms with Crippen molar-refractivity contribution in [3.8, 4) is 0 Å². The lowest BCUT2D eigenvalue weighted by Gasteiger charge is -2.29. The van der Waals surface area contributed by atoms with Crippen LogP contribution in [0.5, 0.6) is 0 Å². The van der Waals surface area contributed by atoms with Crippen molar-refractivity contribution in [2.45, 2.75) is 57.6 Å². The zero-order valence-electron chi connectivity index (χ0n) is 14.3. The molecule has 1 heterocycles. The molecule has 1 saturated heterocycles. The van der Waals surface area contributed by atoms with Crippen molar-refractivity contribution in [3.05, 3.63) is 0 Å². The van der Waals surface area contributed by atoms with Crippen molar-refractivity contribution in [2.75, 3.05) is 31.7 Å². The van der Waals surface area contributed by atoms with E-state index in [2.05, 4.69) is 5.32 Å². The molecule has 1 saturated carbocycles. The predicted molar refractivity (Wildman–Crippen MR) is 90.2 cm³/mol. The van der Waals surface area contributed by atoms with E-state index in [1.54, 1.807) is 12.0 Å². The van der Waals surface area contributed by atoms with Gasteiger partial charge in [0.15, 0.2) is 9.84 Å². The van der Waals surface area contributed by atoms with Crippen LogP contribution < -0.4 is 5.32 Å². The third-order valence-electron chi connectivity index (χ3n) is 5.24. The highest BCUT2D eigenvalue weighted by Gasteiger charge is 2.28. The predicted octanol–water partition coefficient (Wildman–Crippen LogP) is 1.80. The molecule has 1 unspecified atom stereocenters. The molecule has 7 heteroatoms. The van der Waals surface area contributed by atoms with Crippen molar-refractivity contribution in [1.29, 1.82) is 0 Å². The summed E-state index contributed by atoms with van der Waals surface area (Å²) in [5.41, 5.74) is 0. The molecular formula is C16H30N2O4S. The highest BCUT2D eigenvalue weighted by molar-refractivity contribution is 7.91. The zero-order valence-corrected chi connectivity index (χ0v) is 15.1. The second-order valence-electron chi connectivity index (χ2n) is 6.88. The summed E-state index contributed by atoms with van der Waals surface area (Å²) < 4.78 is 28.8. The van der Waals surface area contributed by atoms with E-state index >= 15 is 0 Å². The number of ether oxygens (including phenoxy) is 1. The molecule has 1 N–H and O–H groups in total. The number of amides is 2. The number of carbonyl (C=O) groups excluding carboxylic acids is 1. The van der Waals surface area contributed by atoms with Crippen LogP contribution in [0.1, 0.15) is 45.4 Å². The lowest BCUT2D eigenvalue weighted by atomic mass is 9.85. The molecule has 0 aromatic carbocycles. The summed E-state index contributed by atoms with van der Waals surface area (Å²) in [6.07, 6.45) is 6.45. The first-order chi connectivity index (χ1) is 10.9. The van der Waals surface area contributed by atoms with Gasteiger partial charge in [-0.15, -0.1) is 0 Å². The van der Waals surface area contributed by atoms with Gasteiger partial charge in [0, 0.05) is 26.2 Å². The fourth-order valence-electron chi connectivity index (χ4n) is 3.51. The maximum atomic E-state index is 12.3. The van der Waals surface area contributed by atoms with Crippen LogP contribution in [0, 0.1) is 5.92 Å². The van der Waals surface area contributed by atoms with E-state index in [1.165, 1.54) is 0 Å². The monoisotopic (exact) mass is 346 g/mol. The topological polar surface area (TPSA) is 75.7 Å². The van der Waals surface area contributed by atoms with Crippen LogP contribution in [0.15, 0.2) is 0 Å². The fraction of sp³-hybridized carbons (Fsp3) is 0.938. The second kappa shape index (κ2) is 8.33. The molecule has 134 valence electrons. The van der Waals surface area contributed by atoms with Crippen LogP contribution >= 0.6 is 0 Å². The van der Waals surface area contributed by atoms with Gasteiger partial charge in [0.25, 0.3) is 0 Å². The Morgan fingerprint density at radius 3 is 2.52 bits per heavy atom. The molecule has 6 nitrogen and oxygen atoms in total. The minimum absolute atomic E-state index is 0.0237. The molecule has 1 aliphatic heterocycles. The maximum Gasteiger partial charge on any atom is 0.317 e. The highest BCUT2D eigenvalue weighted by Crippen LogP contribution is 2.27. The Morgan fingerprint density at radius 1 is 1.17 bits per heavy atom. The van der Waals surface area contributed by atoms with Gasteiger partial charge >= 0.3 is 6.03 Å². The number of rotatable bonds is 4. The number of hydrogen-bond donors (Lipinski definition) is 1. The van der Waals surface area contributed by atoms with Gasteiger partial charge in [-0.1, -0.05) is 0 Å². The van der Waals surface area contributed by atoms with Crippen LogP contribution in [0.3, 0.4) is 0 Å². The first-order valence-electron chi connectivity index (χ1n) is 8.69. The van der Waals surface area contributed by atoms with E-state index in [-0.39, 0.29) is 23.6 Å². The van der Waals surface area contributed by atoms with Crippen LogP contribution in [0.4, 0.5) is 4.79 Å². The third kappa shape index (κ3) is 5.64. The van der Waals surface area contributed by atoms with Crippen LogP contribution in [-0.2, 0) is 14.6 Å². The molecule has 0 bridgehead atoms. The summed E-state index contributed by atoms with van der Waals surface area (Å²) in [4.78, 5) is 14.0. The van der Waals surface area contributed by atoms with Crippen molar-refractivity contribution in [2.24, 2.45) is 5.92 Å². The lowest BCUT2D eigenvalue weighted by Crippen LogP contribution is -2.46. The van der Waals surface area contributed by atoms with Crippen LogP contribution in [0.2, 0.25) is 0 Å². The van der Waals surface area contributed by atoms with Crippen molar-refractivity contribution in [3.63, 3.8) is 0 Å². The summed E-state index contributed by atoms with van der Waals surface area (Å²) in [6, 6.07) is -0.149. The molecule has 1 aliphatic carbocycles. The van der Waals surface area contributed by atoms with Crippen molar-refractivity contribution in [1.82, 2.24) is 10.2 Å². The van der Waals surface area contributed by atoms with Gasteiger partial charge in [-0.25, -0.2) is 13.2 Å². The molecule has 1 atom stereocenters. The average Bonchev–Trinajstić information content (AvgIpc) is 2.67. The Labute approximate surface area is 139 Å². The summed E-state index contributed by atoms with van der Waals surface area (Å²) in [6.45, 7) is 2.89. The van der Waals surface area contributed by atoms with Gasteiger partial charge in [0.2, 0.25) is 0 Å². The SMILES string of the molecule is COC1CCC(CCNC(=O)N2CCS(=O)(=O)CCC2C)CC1. The normalized spacial score (nSPS) is 31.4. The van der Waals surface area contributed by atoms with Gasteiger partial charge in [0.05, 0.1) is 17.6 Å². The van der Waals surface area contributed by atoms with Crippen molar-refractivity contribution < 1.29 is 17.9 Å². The summed E-state index contributed by atoms with van der Waals surface area (Å²) in [5.74, 6) is 0.913. The highest BCUT2D eigenvalue weighted by atomic mass is 32.2. The first-order valence-corrected chi connectivity index (χ1v) is 10.5. The Kier molecular flexibility index (Phi) is 6.71. The number of carbonyl (C=O) groups is 1. The van der Waals surface area contributed by atoms with Crippen LogP contribution in [0.25, 0.3) is 0 Å².